The fourth-order valence-electron chi connectivity index (χ4n) is 1.30. The second-order valence-electron chi connectivity index (χ2n) is 3.34. The van der Waals surface area contributed by atoms with Gasteiger partial charge in [0.15, 0.2) is 5.03 Å². The number of anilines is 2. The lowest BCUT2D eigenvalue weighted by Crippen LogP contribution is -2.16. The molecule has 2 N–H and O–H groups in total. The zero-order valence-electron chi connectivity index (χ0n) is 9.71. The average Bonchev–Trinajstić information content (AvgIpc) is 2.74. The van der Waals surface area contributed by atoms with Crippen molar-refractivity contribution in [3.05, 3.63) is 23.3 Å². The van der Waals surface area contributed by atoms with E-state index in [1.807, 2.05) is 0 Å². The summed E-state index contributed by atoms with van der Waals surface area (Å²) in [5.74, 6) is 0. The molecule has 7 nitrogen and oxygen atoms in total. The number of aryl methyl sites for hydroxylation is 1. The van der Waals surface area contributed by atoms with Gasteiger partial charge in [0.05, 0.1) is 5.69 Å². The maximum Gasteiger partial charge on any atom is 0.283 e. The molecule has 2 aromatic rings. The Morgan fingerprint density at radius 1 is 1.33 bits per heavy atom. The Morgan fingerprint density at radius 3 is 2.72 bits per heavy atom. The predicted molar refractivity (Wildman–Crippen MR) is 69.2 cm³/mol. The van der Waals surface area contributed by atoms with Crippen LogP contribution in [-0.2, 0) is 10.0 Å². The molecule has 18 heavy (non-hydrogen) atoms. The molecule has 0 aliphatic rings. The van der Waals surface area contributed by atoms with Crippen LogP contribution in [0.15, 0.2) is 23.4 Å². The Bertz CT molecular complexity index is 652. The fourth-order valence-corrected chi connectivity index (χ4v) is 3.26. The van der Waals surface area contributed by atoms with Crippen LogP contribution in [0.5, 0.6) is 0 Å². The van der Waals surface area contributed by atoms with Crippen molar-refractivity contribution in [1.29, 1.82) is 0 Å². The number of hydrogen-bond donors (Lipinski definition) is 2. The molecular formula is C9H11N5O2S2. The lowest BCUT2D eigenvalue weighted by molar-refractivity contribution is 0.598. The highest BCUT2D eigenvalue weighted by Crippen LogP contribution is 2.22. The number of aromatic nitrogens is 3. The molecule has 0 amide bonds. The van der Waals surface area contributed by atoms with Crippen LogP contribution < -0.4 is 10.0 Å². The highest BCUT2D eigenvalue weighted by molar-refractivity contribution is 7.93. The highest BCUT2D eigenvalue weighted by Gasteiger charge is 2.21. The number of pyridine rings is 1. The first kappa shape index (κ1) is 12.7. The molecule has 0 saturated carbocycles. The van der Waals surface area contributed by atoms with Crippen molar-refractivity contribution in [3.8, 4) is 0 Å². The van der Waals surface area contributed by atoms with E-state index < -0.39 is 10.0 Å². The molecule has 2 aromatic heterocycles. The summed E-state index contributed by atoms with van der Waals surface area (Å²) in [6, 6.07) is 3.28. The first-order valence-corrected chi connectivity index (χ1v) is 7.28. The molecule has 96 valence electrons. The first-order chi connectivity index (χ1) is 8.53. The summed E-state index contributed by atoms with van der Waals surface area (Å²) in [6.45, 7) is 1.75. The number of hydrogen-bond acceptors (Lipinski definition) is 7. The normalized spacial score (nSPS) is 11.2. The molecule has 0 bridgehead atoms. The standard InChI is InChI=1S/C9H11N5O2S2/c1-6-12-13-9(17-6)14-18(15,16)8-7(10-2)4-3-5-11-8/h3-5,10H,1-2H3,(H,13,14). The second kappa shape index (κ2) is 4.86. The number of nitrogens with zero attached hydrogens (tertiary/aromatic N) is 3. The van der Waals surface area contributed by atoms with E-state index in [4.69, 9.17) is 0 Å². The lowest BCUT2D eigenvalue weighted by atomic mass is 10.4. The van der Waals surface area contributed by atoms with E-state index in [-0.39, 0.29) is 10.2 Å². The molecule has 0 unspecified atom stereocenters. The number of sulfonamides is 1. The van der Waals surface area contributed by atoms with Gasteiger partial charge in [-0.05, 0) is 19.1 Å². The molecule has 0 aliphatic heterocycles. The molecule has 2 heterocycles. The second-order valence-corrected chi connectivity index (χ2v) is 6.12. The molecule has 0 radical (unpaired) electrons. The van der Waals surface area contributed by atoms with Crippen LogP contribution in [0.3, 0.4) is 0 Å². The Morgan fingerprint density at radius 2 is 2.11 bits per heavy atom. The predicted octanol–water partition coefficient (Wildman–Crippen LogP) is 1.08. The van der Waals surface area contributed by atoms with Crippen LogP contribution in [0.1, 0.15) is 5.01 Å². The van der Waals surface area contributed by atoms with Crippen LogP contribution in [0.25, 0.3) is 0 Å². The third kappa shape index (κ3) is 2.57. The van der Waals surface area contributed by atoms with Crippen LogP contribution in [0.2, 0.25) is 0 Å². The molecule has 0 atom stereocenters. The van der Waals surface area contributed by atoms with Gasteiger partial charge in [-0.1, -0.05) is 11.3 Å². The molecule has 0 aliphatic carbocycles. The third-order valence-electron chi connectivity index (χ3n) is 2.04. The summed E-state index contributed by atoms with van der Waals surface area (Å²) in [6.07, 6.45) is 1.42. The van der Waals surface area contributed by atoms with Gasteiger partial charge >= 0.3 is 0 Å². The summed E-state index contributed by atoms with van der Waals surface area (Å²) in [5.41, 5.74) is 0.422. The van der Waals surface area contributed by atoms with Crippen molar-refractivity contribution in [2.45, 2.75) is 11.9 Å². The molecule has 2 rings (SSSR count). The quantitative estimate of drug-likeness (QED) is 0.872. The van der Waals surface area contributed by atoms with Crippen molar-refractivity contribution in [2.24, 2.45) is 0 Å². The highest BCUT2D eigenvalue weighted by atomic mass is 32.2. The molecule has 0 fully saturated rings. The molecule has 0 spiro atoms. The molecule has 0 saturated heterocycles. The van der Waals surface area contributed by atoms with Gasteiger partial charge in [-0.2, -0.15) is 8.42 Å². The minimum absolute atomic E-state index is 0.0691. The van der Waals surface area contributed by atoms with Crippen molar-refractivity contribution < 1.29 is 8.42 Å². The minimum atomic E-state index is -3.76. The summed E-state index contributed by atoms with van der Waals surface area (Å²) >= 11 is 1.16. The van der Waals surface area contributed by atoms with Gasteiger partial charge in [0.1, 0.15) is 5.01 Å². The summed E-state index contributed by atoms with van der Waals surface area (Å²) in [4.78, 5) is 3.87. The molecule has 9 heteroatoms. The van der Waals surface area contributed by atoms with E-state index in [0.717, 1.165) is 11.3 Å². The van der Waals surface area contributed by atoms with E-state index in [0.29, 0.717) is 10.7 Å². The van der Waals surface area contributed by atoms with Gasteiger partial charge in [0.2, 0.25) is 5.13 Å². The minimum Gasteiger partial charge on any atom is -0.386 e. The Labute approximate surface area is 108 Å². The van der Waals surface area contributed by atoms with Crippen LogP contribution in [0.4, 0.5) is 10.8 Å². The maximum absolute atomic E-state index is 12.1. The zero-order chi connectivity index (χ0) is 13.2. The Hall–Kier alpha value is -1.74. The van der Waals surface area contributed by atoms with E-state index in [1.165, 1.54) is 6.20 Å². The van der Waals surface area contributed by atoms with Crippen molar-refractivity contribution in [1.82, 2.24) is 15.2 Å². The van der Waals surface area contributed by atoms with E-state index in [1.54, 1.807) is 26.1 Å². The van der Waals surface area contributed by atoms with Gasteiger partial charge < -0.3 is 5.32 Å². The van der Waals surface area contributed by atoms with E-state index in [2.05, 4.69) is 25.2 Å². The van der Waals surface area contributed by atoms with Crippen molar-refractivity contribution in [3.63, 3.8) is 0 Å². The monoisotopic (exact) mass is 285 g/mol. The molecular weight excluding hydrogens is 274 g/mol. The van der Waals surface area contributed by atoms with Gasteiger partial charge in [-0.25, -0.2) is 4.98 Å². The number of rotatable bonds is 4. The van der Waals surface area contributed by atoms with Gasteiger partial charge in [-0.15, -0.1) is 10.2 Å². The number of nitrogens with one attached hydrogen (secondary N) is 2. The third-order valence-corrected chi connectivity index (χ3v) is 4.22. The zero-order valence-corrected chi connectivity index (χ0v) is 11.3. The smallest absolute Gasteiger partial charge is 0.283 e. The van der Waals surface area contributed by atoms with Gasteiger partial charge in [0, 0.05) is 13.2 Å². The molecule has 0 aromatic carbocycles. The first-order valence-electron chi connectivity index (χ1n) is 4.98. The van der Waals surface area contributed by atoms with Gasteiger partial charge in [-0.3, -0.25) is 4.72 Å². The summed E-state index contributed by atoms with van der Waals surface area (Å²) in [5, 5.41) is 11.1. The van der Waals surface area contributed by atoms with Crippen molar-refractivity contribution in [2.75, 3.05) is 17.1 Å². The van der Waals surface area contributed by atoms with E-state index >= 15 is 0 Å². The Balaban J connectivity index is 2.36. The van der Waals surface area contributed by atoms with Gasteiger partial charge in [0.25, 0.3) is 10.0 Å². The fraction of sp³-hybridized carbons (Fsp3) is 0.222. The average molecular weight is 285 g/mol. The largest absolute Gasteiger partial charge is 0.386 e. The van der Waals surface area contributed by atoms with E-state index in [9.17, 15) is 8.42 Å². The van der Waals surface area contributed by atoms with Crippen LogP contribution in [-0.4, -0.2) is 30.6 Å². The maximum atomic E-state index is 12.1. The topological polar surface area (TPSA) is 96.9 Å². The van der Waals surface area contributed by atoms with Crippen molar-refractivity contribution >= 4 is 32.2 Å². The summed E-state index contributed by atoms with van der Waals surface area (Å²) in [7, 11) is -2.13. The van der Waals surface area contributed by atoms with Crippen LogP contribution >= 0.6 is 11.3 Å². The lowest BCUT2D eigenvalue weighted by Gasteiger charge is -2.08. The Kier molecular flexibility index (Phi) is 3.43. The summed E-state index contributed by atoms with van der Waals surface area (Å²) < 4.78 is 26.6. The SMILES string of the molecule is CNc1cccnc1S(=O)(=O)Nc1nnc(C)s1. The van der Waals surface area contributed by atoms with Crippen LogP contribution in [0, 0.1) is 6.92 Å².